The highest BCUT2D eigenvalue weighted by Gasteiger charge is 2.38. The SMILES string of the molecule is [2H]NC1NC(Cl)NC(SCCC(CCSC2NC(Cl)NC(N[2H])N2)C2NC(N(CCSC3NC(Cl)NC(N[2H])N3)CCSC3NC(Cl)NC(N[2H])N3)NC(N(CCSC3NC(Cl)NC(N[2H])N3)CCSC3NC(Cl)NC(N[2H])N3)N2)N1. The van der Waals surface area contributed by atoms with Gasteiger partial charge in [0.25, 0.3) is 0 Å². The van der Waals surface area contributed by atoms with Gasteiger partial charge < -0.3 is 34.4 Å². The zero-order valence-corrected chi connectivity index (χ0v) is 49.7. The molecule has 41 heteroatoms. The monoisotopic (exact) mass is 1300 g/mol. The second kappa shape index (κ2) is 34.0. The van der Waals surface area contributed by atoms with Crippen LogP contribution in [0.5, 0.6) is 0 Å². The third-order valence-corrected chi connectivity index (χ3v) is 19.7. The average molecular weight is 1310 g/mol. The third kappa shape index (κ3) is 23.6. The molecule has 0 bridgehead atoms. The third-order valence-electron chi connectivity index (χ3n) is 12.0. The van der Waals surface area contributed by atoms with Crippen molar-refractivity contribution in [2.24, 2.45) is 40.3 Å². The predicted molar refractivity (Wildman–Crippen MR) is 316 cm³/mol. The Bertz CT molecular complexity index is 1470. The molecule has 0 radical (unpaired) electrons. The van der Waals surface area contributed by atoms with E-state index in [1.807, 2.05) is 0 Å². The Morgan fingerprint density at radius 3 is 0.800 bits per heavy atom. The van der Waals surface area contributed by atoms with Crippen LogP contribution >= 0.6 is 140 Å². The van der Waals surface area contributed by atoms with Gasteiger partial charge in [-0.1, -0.05) is 69.6 Å². The Kier molecular flexibility index (Phi) is 25.7. The first-order valence-corrected chi connectivity index (χ1v) is 33.2. The van der Waals surface area contributed by atoms with Crippen molar-refractivity contribution < 1.29 is 8.47 Å². The summed E-state index contributed by atoms with van der Waals surface area (Å²) in [5.74, 6) is 4.11. The lowest BCUT2D eigenvalue weighted by atomic mass is 9.98. The van der Waals surface area contributed by atoms with Crippen LogP contribution < -0.4 is 146 Å². The number of hydrogen-bond acceptors (Lipinski definition) is 35. The van der Waals surface area contributed by atoms with Crippen LogP contribution in [0.1, 0.15) is 12.8 Å². The molecule has 0 amide bonds. The molecule has 7 saturated heterocycles. The number of nitrogens with one attached hydrogen (secondary N) is 21. The number of nitrogens with two attached hydrogens (primary N) is 6. The van der Waals surface area contributed by atoms with E-state index >= 15 is 0 Å². The molecule has 0 aliphatic carbocycles. The van der Waals surface area contributed by atoms with Crippen molar-refractivity contribution in [2.45, 2.75) is 136 Å². The number of nitrogens with zero attached hydrogens (tertiary/aromatic N) is 2. The Morgan fingerprint density at radius 2 is 0.560 bits per heavy atom. The standard InChI is InChI=1S/C34H79Cl6N29S6/c35-15-49-21(41)61-29(55-15)70-7-1-13(2-8-71-30-56-16(36)50-22(42)62-30)14-47-27(68(3-9-72-31-57-17(37)51-23(43)63-31)4-10-73-32-58-18(38)52-24(44)64-32)67-28(48-14)69(5-11-74-33-59-19(39)53-25(45)65-33)6-12-75-34-60-20(40)54-26(46)66-34/h13-34,47-67H,1-12,41-46H2/i/hD6. The minimum Gasteiger partial charge on any atom is -0.303 e. The molecule has 7 rings (SSSR count). The molecule has 20 atom stereocenters. The van der Waals surface area contributed by atoms with E-state index in [1.54, 1.807) is 70.6 Å². The Labute approximate surface area is 503 Å². The number of rotatable bonds is 33. The lowest BCUT2D eigenvalue weighted by Crippen LogP contribution is -2.77. The van der Waals surface area contributed by atoms with Gasteiger partial charge >= 0.3 is 0 Å². The fraction of sp³-hybridized carbons (Fsp3) is 1.00. The van der Waals surface area contributed by atoms with Gasteiger partial charge in [-0.05, 0) is 30.3 Å². The highest BCUT2D eigenvalue weighted by Crippen LogP contribution is 2.26. The normalized spacial score (nSPS) is 42.8. The van der Waals surface area contributed by atoms with Gasteiger partial charge in [0.1, 0.15) is 126 Å². The van der Waals surface area contributed by atoms with Crippen LogP contribution in [0.25, 0.3) is 0 Å². The topological polar surface area (TPSA) is 415 Å². The zero-order chi connectivity index (χ0) is 57.7. The van der Waals surface area contributed by atoms with E-state index in [0.29, 0.717) is 49.2 Å². The van der Waals surface area contributed by atoms with Crippen molar-refractivity contribution in [1.29, 1.82) is 0 Å². The van der Waals surface area contributed by atoms with Gasteiger partial charge in [-0.3, -0.25) is 121 Å². The van der Waals surface area contributed by atoms with Crippen LogP contribution in [0.4, 0.5) is 0 Å². The van der Waals surface area contributed by atoms with Crippen LogP contribution in [-0.2, 0) is 0 Å². The van der Waals surface area contributed by atoms with Gasteiger partial charge in [-0.25, -0.2) is 0 Å². The van der Waals surface area contributed by atoms with Crippen LogP contribution in [-0.4, -0.2) is 194 Å². The summed E-state index contributed by atoms with van der Waals surface area (Å²) >= 11 is 49.0. The summed E-state index contributed by atoms with van der Waals surface area (Å²) in [6.07, 6.45) is -2.66. The molecule has 33 N–H and O–H groups in total. The van der Waals surface area contributed by atoms with E-state index in [0.717, 1.165) is 24.3 Å². The Morgan fingerprint density at radius 1 is 0.320 bits per heavy atom. The molecule has 0 aromatic heterocycles. The molecule has 0 aromatic carbocycles. The number of thioether (sulfide) groups is 6. The molecule has 7 aliphatic heterocycles. The van der Waals surface area contributed by atoms with Crippen LogP contribution in [0.15, 0.2) is 0 Å². The van der Waals surface area contributed by atoms with E-state index in [2.05, 4.69) is 156 Å². The maximum absolute atomic E-state index is 7.80. The largest absolute Gasteiger partial charge is 0.303 e. The first-order valence-electron chi connectivity index (χ1n) is 27.2. The van der Waals surface area contributed by atoms with Gasteiger partial charge in [0.15, 0.2) is 0 Å². The Balaban J connectivity index is 1.17. The average Bonchev–Trinajstić information content (AvgIpc) is 3.55. The predicted octanol–water partition coefficient (Wildman–Crippen LogP) is -6.95. The van der Waals surface area contributed by atoms with Gasteiger partial charge in [0.2, 0.25) is 0 Å². The first-order chi connectivity index (χ1) is 39.2. The summed E-state index contributed by atoms with van der Waals surface area (Å²) < 4.78 is 46.8. The highest BCUT2D eigenvalue weighted by atomic mass is 35.5. The van der Waals surface area contributed by atoms with Crippen molar-refractivity contribution in [3.05, 3.63) is 0 Å². The fourth-order valence-electron chi connectivity index (χ4n) is 8.40. The van der Waals surface area contributed by atoms with E-state index in [1.165, 1.54) is 0 Å². The Hall–Kier alpha value is 2.68. The maximum Gasteiger partial charge on any atom is 0.139 e. The van der Waals surface area contributed by atoms with Gasteiger partial charge in [0, 0.05) is 49.2 Å². The summed E-state index contributed by atoms with van der Waals surface area (Å²) in [4.78, 5) is 4.79. The van der Waals surface area contributed by atoms with Crippen molar-refractivity contribution in [3.63, 3.8) is 0 Å². The van der Waals surface area contributed by atoms with Crippen molar-refractivity contribution in [1.82, 2.24) is 121 Å². The summed E-state index contributed by atoms with van der Waals surface area (Å²) in [6.45, 7) is 2.46. The first kappa shape index (κ1) is 56.8. The van der Waals surface area contributed by atoms with Crippen molar-refractivity contribution in [3.8, 4) is 0 Å². The number of hydrogen-bond donors (Lipinski definition) is 27. The van der Waals surface area contributed by atoms with Crippen molar-refractivity contribution in [2.75, 3.05) is 60.7 Å². The van der Waals surface area contributed by atoms with E-state index in [4.69, 9.17) is 78.1 Å². The molecular formula is C34H79Cl6N29S6. The zero-order valence-electron chi connectivity index (χ0n) is 46.3. The fourth-order valence-corrected chi connectivity index (χ4v) is 16.8. The van der Waals surface area contributed by atoms with E-state index in [9.17, 15) is 0 Å². The molecule has 0 aromatic rings. The van der Waals surface area contributed by atoms with E-state index in [-0.39, 0.29) is 45.1 Å². The van der Waals surface area contributed by atoms with Gasteiger partial charge in [-0.15, -0.1) is 70.6 Å². The quantitative estimate of drug-likeness (QED) is 0.0214. The summed E-state index contributed by atoms with van der Waals surface area (Å²) in [6, 6.07) is 0. The van der Waals surface area contributed by atoms with Crippen LogP contribution in [0.2, 0.25) is 8.47 Å². The molecule has 7 heterocycles. The van der Waals surface area contributed by atoms with Crippen molar-refractivity contribution >= 4 is 140 Å². The molecular weight excluding hydrogens is 1220 g/mol. The second-order valence-corrected chi connectivity index (χ2v) is 27.4. The number of halogens is 6. The smallest absolute Gasteiger partial charge is 0.139 e. The van der Waals surface area contributed by atoms with Gasteiger partial charge in [0.05, 0.1) is 6.17 Å². The molecule has 29 nitrogen and oxygen atoms in total. The van der Waals surface area contributed by atoms with Gasteiger partial charge in [-0.2, -0.15) is 0 Å². The number of alkyl halides is 6. The molecule has 0 spiro atoms. The molecule has 438 valence electrons. The van der Waals surface area contributed by atoms with E-state index < -0.39 is 84.1 Å². The summed E-state index contributed by atoms with van der Waals surface area (Å²) in [7, 11) is 0. The lowest BCUT2D eigenvalue weighted by molar-refractivity contribution is -0.00509. The second-order valence-electron chi connectivity index (χ2n) is 17.5. The highest BCUT2D eigenvalue weighted by molar-refractivity contribution is 8.01. The van der Waals surface area contributed by atoms with Crippen LogP contribution in [0.3, 0.4) is 0 Å². The summed E-state index contributed by atoms with van der Waals surface area (Å²) in [5, 5.41) is 70.2. The van der Waals surface area contributed by atoms with Crippen LogP contribution in [0, 0.1) is 5.92 Å². The maximum atomic E-state index is 7.80. The minimum absolute atomic E-state index is 0.0258. The molecule has 7 fully saturated rings. The molecule has 7 aliphatic rings. The minimum atomic E-state index is -0.564. The molecule has 75 heavy (non-hydrogen) atoms. The molecule has 0 saturated carbocycles. The molecule has 20 unspecified atom stereocenters. The lowest BCUT2D eigenvalue weighted by Gasteiger charge is -2.49. The summed E-state index contributed by atoms with van der Waals surface area (Å²) in [5.41, 5.74) is 9.88.